The van der Waals surface area contributed by atoms with Crippen LogP contribution < -0.4 is 10.1 Å². The van der Waals surface area contributed by atoms with Crippen LogP contribution in [0.3, 0.4) is 0 Å². The highest BCUT2D eigenvalue weighted by atomic mass is 19.1. The lowest BCUT2D eigenvalue weighted by molar-refractivity contribution is -0.136. The van der Waals surface area contributed by atoms with Gasteiger partial charge in [-0.05, 0) is 73.2 Å². The highest BCUT2D eigenvalue weighted by molar-refractivity contribution is 6.05. The number of nitrogens with zero attached hydrogens (tertiary/aromatic N) is 3. The van der Waals surface area contributed by atoms with Gasteiger partial charge in [-0.1, -0.05) is 6.07 Å². The minimum Gasteiger partial charge on any atom is -0.489 e. The average Bonchev–Trinajstić information content (AvgIpc) is 3.56. The molecule has 0 saturated carbocycles. The Kier molecular flexibility index (Phi) is 7.11. The average molecular weight is 573 g/mol. The third-order valence-corrected chi connectivity index (χ3v) is 8.90. The monoisotopic (exact) mass is 572 g/mol. The molecule has 2 atom stereocenters. The number of likely N-dealkylation sites (tertiary alicyclic amines) is 1. The zero-order valence-electron chi connectivity index (χ0n) is 23.3. The second kappa shape index (κ2) is 11.1. The molecule has 2 aromatic carbocycles. The Morgan fingerprint density at radius 2 is 1.88 bits per heavy atom. The van der Waals surface area contributed by atoms with E-state index in [1.54, 1.807) is 18.2 Å². The maximum Gasteiger partial charge on any atom is 0.255 e. The zero-order valence-corrected chi connectivity index (χ0v) is 23.3. The van der Waals surface area contributed by atoms with Crippen LogP contribution in [0.2, 0.25) is 0 Å². The largest absolute Gasteiger partial charge is 0.489 e. The van der Waals surface area contributed by atoms with E-state index in [0.717, 1.165) is 61.2 Å². The maximum atomic E-state index is 15.2. The quantitative estimate of drug-likeness (QED) is 0.450. The van der Waals surface area contributed by atoms with Gasteiger partial charge in [0.1, 0.15) is 29.2 Å². The van der Waals surface area contributed by atoms with Crippen LogP contribution in [0, 0.1) is 5.82 Å². The molecule has 3 saturated heterocycles. The first kappa shape index (κ1) is 27.0. The van der Waals surface area contributed by atoms with Crippen molar-refractivity contribution < 1.29 is 28.2 Å². The number of aromatic nitrogens is 1. The van der Waals surface area contributed by atoms with Crippen molar-refractivity contribution in [3.8, 4) is 5.75 Å². The minimum absolute atomic E-state index is 0.0274. The smallest absolute Gasteiger partial charge is 0.255 e. The summed E-state index contributed by atoms with van der Waals surface area (Å²) in [5, 5.41) is 3.14. The number of rotatable bonds is 6. The standard InChI is InChI=1S/C32H33FN4O5/c33-26-14-19(13-21-1-4-27(34-30(21)26)20-8-11-41-12-9-20)16-36-10-7-24(18-36)42-23-2-3-25-22(15-23)17-37(32(25)40)28-5-6-29(38)35-31(28)39/h1-4,13-15,20,24,28H,5-12,16-18H2,(H,35,38,39)/t24-,28+/m0/s1. The van der Waals surface area contributed by atoms with E-state index in [-0.39, 0.29) is 30.2 Å². The van der Waals surface area contributed by atoms with Gasteiger partial charge in [-0.25, -0.2) is 9.37 Å². The molecule has 0 radical (unpaired) electrons. The van der Waals surface area contributed by atoms with E-state index >= 15 is 4.39 Å². The van der Waals surface area contributed by atoms with E-state index in [9.17, 15) is 14.4 Å². The van der Waals surface area contributed by atoms with Gasteiger partial charge in [0.05, 0.1) is 0 Å². The molecule has 1 N–H and O–H groups in total. The van der Waals surface area contributed by atoms with Gasteiger partial charge in [-0.3, -0.25) is 24.6 Å². The third-order valence-electron chi connectivity index (χ3n) is 8.90. The number of pyridine rings is 1. The Morgan fingerprint density at radius 1 is 1.02 bits per heavy atom. The van der Waals surface area contributed by atoms with Gasteiger partial charge in [0, 0.05) is 68.4 Å². The number of carbonyl (C=O) groups excluding carboxylic acids is 3. The summed E-state index contributed by atoms with van der Waals surface area (Å²) in [5.74, 6) is -0.208. The molecule has 0 aliphatic carbocycles. The normalized spacial score (nSPS) is 23.5. The summed E-state index contributed by atoms with van der Waals surface area (Å²) in [5.41, 5.74) is 3.66. The molecule has 0 bridgehead atoms. The van der Waals surface area contributed by atoms with Crippen molar-refractivity contribution in [3.63, 3.8) is 0 Å². The molecule has 0 unspecified atom stereocenters. The van der Waals surface area contributed by atoms with Crippen molar-refractivity contribution >= 4 is 28.6 Å². The Hall–Kier alpha value is -3.89. The van der Waals surface area contributed by atoms with E-state index in [0.29, 0.717) is 48.8 Å². The fourth-order valence-corrected chi connectivity index (χ4v) is 6.69. The second-order valence-electron chi connectivity index (χ2n) is 11.8. The van der Waals surface area contributed by atoms with Crippen molar-refractivity contribution in [2.24, 2.45) is 0 Å². The van der Waals surface area contributed by atoms with Crippen molar-refractivity contribution in [3.05, 3.63) is 70.7 Å². The number of benzene rings is 2. The topological polar surface area (TPSA) is 101 Å². The molecule has 218 valence electrons. The maximum absolute atomic E-state index is 15.2. The molecule has 3 aromatic rings. The predicted molar refractivity (Wildman–Crippen MR) is 151 cm³/mol. The Bertz CT molecular complexity index is 1570. The first-order valence-electron chi connectivity index (χ1n) is 14.7. The van der Waals surface area contributed by atoms with Gasteiger partial charge in [0.15, 0.2) is 0 Å². The van der Waals surface area contributed by atoms with Gasteiger partial charge in [0.2, 0.25) is 11.8 Å². The van der Waals surface area contributed by atoms with Crippen LogP contribution in [0.1, 0.15) is 65.2 Å². The Labute approximate surface area is 243 Å². The molecule has 4 aliphatic rings. The molecule has 0 spiro atoms. The number of ether oxygens (including phenoxy) is 2. The number of hydrogen-bond donors (Lipinski definition) is 1. The third kappa shape index (κ3) is 5.25. The molecule has 3 fully saturated rings. The van der Waals surface area contributed by atoms with E-state index in [4.69, 9.17) is 9.47 Å². The highest BCUT2D eigenvalue weighted by Gasteiger charge is 2.39. The fourth-order valence-electron chi connectivity index (χ4n) is 6.69. The van der Waals surface area contributed by atoms with Crippen molar-refractivity contribution in [2.45, 2.75) is 63.3 Å². The first-order valence-corrected chi connectivity index (χ1v) is 14.7. The number of piperidine rings is 1. The van der Waals surface area contributed by atoms with Crippen LogP contribution in [0.25, 0.3) is 10.9 Å². The van der Waals surface area contributed by atoms with Crippen molar-refractivity contribution in [2.75, 3.05) is 26.3 Å². The van der Waals surface area contributed by atoms with Crippen LogP contribution in [0.15, 0.2) is 42.5 Å². The first-order chi connectivity index (χ1) is 20.4. The highest BCUT2D eigenvalue weighted by Crippen LogP contribution is 2.32. The number of carbonyl (C=O) groups is 3. The summed E-state index contributed by atoms with van der Waals surface area (Å²) < 4.78 is 26.9. The van der Waals surface area contributed by atoms with Gasteiger partial charge in [-0.2, -0.15) is 0 Å². The lowest BCUT2D eigenvalue weighted by Crippen LogP contribution is -2.52. The van der Waals surface area contributed by atoms with E-state index in [1.807, 2.05) is 24.3 Å². The summed E-state index contributed by atoms with van der Waals surface area (Å²) >= 11 is 0. The summed E-state index contributed by atoms with van der Waals surface area (Å²) in [7, 11) is 0. The molecule has 4 aliphatic heterocycles. The van der Waals surface area contributed by atoms with Crippen LogP contribution in [-0.4, -0.2) is 71.0 Å². The molecule has 10 heteroatoms. The molecular formula is C32H33FN4O5. The van der Waals surface area contributed by atoms with Gasteiger partial charge in [-0.15, -0.1) is 0 Å². The van der Waals surface area contributed by atoms with Gasteiger partial charge in [0.25, 0.3) is 5.91 Å². The Morgan fingerprint density at radius 3 is 2.71 bits per heavy atom. The second-order valence-corrected chi connectivity index (χ2v) is 11.8. The van der Waals surface area contributed by atoms with Gasteiger partial charge >= 0.3 is 0 Å². The lowest BCUT2D eigenvalue weighted by Gasteiger charge is -2.29. The predicted octanol–water partition coefficient (Wildman–Crippen LogP) is 3.68. The van der Waals surface area contributed by atoms with Crippen LogP contribution in [0.4, 0.5) is 4.39 Å². The van der Waals surface area contributed by atoms with E-state index < -0.39 is 11.9 Å². The number of imide groups is 1. The molecule has 7 rings (SSSR count). The number of amides is 3. The SMILES string of the molecule is O=C1CC[C@@H](N2Cc3cc(O[C@H]4CCN(Cc5cc(F)c6nc(C7CCOCC7)ccc6c5)C4)ccc3C2=O)C(=O)N1. The molecular weight excluding hydrogens is 539 g/mol. The fraction of sp³-hybridized carbons (Fsp3) is 0.438. The van der Waals surface area contributed by atoms with Crippen molar-refractivity contribution in [1.82, 2.24) is 20.1 Å². The van der Waals surface area contributed by atoms with Gasteiger partial charge < -0.3 is 14.4 Å². The van der Waals surface area contributed by atoms with E-state index in [1.165, 1.54) is 4.90 Å². The summed E-state index contributed by atoms with van der Waals surface area (Å²) in [6.07, 6.45) is 3.20. The number of hydrogen-bond acceptors (Lipinski definition) is 7. The van der Waals surface area contributed by atoms with Crippen molar-refractivity contribution in [1.29, 1.82) is 0 Å². The molecule has 5 heterocycles. The van der Waals surface area contributed by atoms with Crippen LogP contribution in [0.5, 0.6) is 5.75 Å². The van der Waals surface area contributed by atoms with Crippen LogP contribution in [-0.2, 0) is 27.4 Å². The minimum atomic E-state index is -0.639. The number of nitrogens with one attached hydrogen (secondary N) is 1. The Balaban J connectivity index is 0.977. The summed E-state index contributed by atoms with van der Waals surface area (Å²) in [4.78, 5) is 45.3. The van der Waals surface area contributed by atoms with Crippen LogP contribution >= 0.6 is 0 Å². The molecule has 42 heavy (non-hydrogen) atoms. The lowest BCUT2D eigenvalue weighted by atomic mass is 9.95. The molecule has 3 amide bonds. The zero-order chi connectivity index (χ0) is 28.8. The molecule has 9 nitrogen and oxygen atoms in total. The number of halogens is 1. The summed E-state index contributed by atoms with van der Waals surface area (Å²) in [6, 6.07) is 12.4. The molecule has 1 aromatic heterocycles. The van der Waals surface area contributed by atoms with E-state index in [2.05, 4.69) is 15.2 Å². The number of fused-ring (bicyclic) bond motifs is 2. The summed E-state index contributed by atoms with van der Waals surface area (Å²) in [6.45, 7) is 3.92.